The molecule has 0 radical (unpaired) electrons. The summed E-state index contributed by atoms with van der Waals surface area (Å²) in [4.78, 5) is 25.0. The summed E-state index contributed by atoms with van der Waals surface area (Å²) < 4.78 is 5.80. The van der Waals surface area contributed by atoms with Crippen LogP contribution in [-0.4, -0.2) is 35.8 Å². The fourth-order valence-corrected chi connectivity index (χ4v) is 3.21. The van der Waals surface area contributed by atoms with Gasteiger partial charge in [0, 0.05) is 10.6 Å². The number of nitrogens with one attached hydrogen (secondary N) is 2. The highest BCUT2D eigenvalue weighted by molar-refractivity contribution is 9.10. The van der Waals surface area contributed by atoms with Crippen molar-refractivity contribution in [1.82, 2.24) is 10.7 Å². The van der Waals surface area contributed by atoms with Crippen molar-refractivity contribution in [2.45, 2.75) is 26.8 Å². The van der Waals surface area contributed by atoms with Crippen LogP contribution in [0.25, 0.3) is 0 Å². The second kappa shape index (κ2) is 11.0. The van der Waals surface area contributed by atoms with E-state index in [9.17, 15) is 14.7 Å². The summed E-state index contributed by atoms with van der Waals surface area (Å²) in [5.41, 5.74) is 3.40. The minimum Gasteiger partial charge on any atom is -0.503 e. The lowest BCUT2D eigenvalue weighted by molar-refractivity contribution is -0.123. The monoisotopic (exact) mass is 495 g/mol. The summed E-state index contributed by atoms with van der Waals surface area (Å²) in [6, 6.07) is 8.92. The highest BCUT2D eigenvalue weighted by Gasteiger charge is 2.24. The average molecular weight is 497 g/mol. The van der Waals surface area contributed by atoms with E-state index in [0.717, 1.165) is 0 Å². The maximum atomic E-state index is 12.6. The second-order valence-corrected chi connectivity index (χ2v) is 8.01. The Labute approximate surface area is 188 Å². The van der Waals surface area contributed by atoms with E-state index in [-0.39, 0.29) is 11.7 Å². The zero-order chi connectivity index (χ0) is 22.3. The number of rotatable bonds is 8. The van der Waals surface area contributed by atoms with Crippen LogP contribution < -0.4 is 15.5 Å². The normalized spacial score (nSPS) is 12.1. The molecule has 3 N–H and O–H groups in total. The molecule has 9 heteroatoms. The lowest BCUT2D eigenvalue weighted by Crippen LogP contribution is -2.48. The largest absolute Gasteiger partial charge is 0.503 e. The van der Waals surface area contributed by atoms with Crippen molar-refractivity contribution < 1.29 is 19.4 Å². The van der Waals surface area contributed by atoms with Gasteiger partial charge in [0.1, 0.15) is 6.04 Å². The molecule has 0 heterocycles. The van der Waals surface area contributed by atoms with Crippen LogP contribution in [0.2, 0.25) is 5.02 Å². The standard InChI is InChI=1S/C21H23BrClN3O4/c1-4-30-17-9-13(8-16(22)19(17)27)11-24-26-21(29)18(12(2)3)25-20(28)14-6-5-7-15(23)10-14/h5-12,18,27H,4H2,1-3H3,(H,25,28)(H,26,29)/b24-11+. The first-order valence-corrected chi connectivity index (χ1v) is 10.4. The molecule has 7 nitrogen and oxygen atoms in total. The number of nitrogens with zero attached hydrogens (tertiary/aromatic N) is 1. The number of carbonyl (C=O) groups is 2. The molecule has 0 aromatic heterocycles. The number of phenolic OH excluding ortho intramolecular Hbond substituents is 1. The van der Waals surface area contributed by atoms with Crippen molar-refractivity contribution in [3.63, 3.8) is 0 Å². The molecule has 0 aliphatic carbocycles. The van der Waals surface area contributed by atoms with Gasteiger partial charge in [0.05, 0.1) is 17.3 Å². The molecular weight excluding hydrogens is 474 g/mol. The zero-order valence-corrected chi connectivity index (χ0v) is 19.1. The Hall–Kier alpha value is -2.58. The van der Waals surface area contributed by atoms with E-state index in [1.54, 1.807) is 37.3 Å². The molecule has 0 spiro atoms. The molecule has 0 bridgehead atoms. The third kappa shape index (κ3) is 6.47. The third-order valence-corrected chi connectivity index (χ3v) is 4.90. The van der Waals surface area contributed by atoms with Crippen LogP contribution in [-0.2, 0) is 4.79 Å². The molecule has 0 aliphatic heterocycles. The van der Waals surface area contributed by atoms with Crippen LogP contribution in [0, 0.1) is 5.92 Å². The second-order valence-electron chi connectivity index (χ2n) is 6.72. The highest BCUT2D eigenvalue weighted by Crippen LogP contribution is 2.35. The molecule has 2 aromatic carbocycles. The maximum absolute atomic E-state index is 12.6. The van der Waals surface area contributed by atoms with E-state index in [1.165, 1.54) is 12.3 Å². The van der Waals surface area contributed by atoms with Gasteiger partial charge in [0.25, 0.3) is 11.8 Å². The minimum absolute atomic E-state index is 0.0124. The Kier molecular flexibility index (Phi) is 8.68. The van der Waals surface area contributed by atoms with Crippen LogP contribution in [0.1, 0.15) is 36.7 Å². The van der Waals surface area contributed by atoms with Gasteiger partial charge in [-0.1, -0.05) is 31.5 Å². The fraction of sp³-hybridized carbons (Fsp3) is 0.286. The number of hydrogen-bond acceptors (Lipinski definition) is 5. The Morgan fingerprint density at radius 1 is 1.30 bits per heavy atom. The lowest BCUT2D eigenvalue weighted by atomic mass is 10.0. The Morgan fingerprint density at radius 3 is 2.67 bits per heavy atom. The maximum Gasteiger partial charge on any atom is 0.262 e. The van der Waals surface area contributed by atoms with Crippen LogP contribution in [0.15, 0.2) is 46.0 Å². The summed E-state index contributed by atoms with van der Waals surface area (Å²) in [5.74, 6) is -0.746. The highest BCUT2D eigenvalue weighted by atomic mass is 79.9. The van der Waals surface area contributed by atoms with Gasteiger partial charge in [0.15, 0.2) is 11.5 Å². The van der Waals surface area contributed by atoms with Crippen molar-refractivity contribution in [1.29, 1.82) is 0 Å². The molecule has 160 valence electrons. The molecule has 0 fully saturated rings. The van der Waals surface area contributed by atoms with E-state index in [2.05, 4.69) is 31.8 Å². The third-order valence-electron chi connectivity index (χ3n) is 4.06. The summed E-state index contributed by atoms with van der Waals surface area (Å²) in [7, 11) is 0. The topological polar surface area (TPSA) is 100 Å². The van der Waals surface area contributed by atoms with E-state index >= 15 is 0 Å². The number of amides is 2. The first-order valence-electron chi connectivity index (χ1n) is 9.27. The summed E-state index contributed by atoms with van der Waals surface area (Å²) in [5, 5.41) is 17.1. The molecule has 0 saturated heterocycles. The molecule has 0 saturated carbocycles. The van der Waals surface area contributed by atoms with E-state index < -0.39 is 17.9 Å². The van der Waals surface area contributed by atoms with Gasteiger partial charge in [-0.15, -0.1) is 0 Å². The Balaban J connectivity index is 2.07. The number of aromatic hydroxyl groups is 1. The van der Waals surface area contributed by atoms with E-state index in [0.29, 0.717) is 33.0 Å². The van der Waals surface area contributed by atoms with E-state index in [4.69, 9.17) is 16.3 Å². The van der Waals surface area contributed by atoms with Gasteiger partial charge < -0.3 is 15.2 Å². The van der Waals surface area contributed by atoms with Crippen molar-refractivity contribution in [2.24, 2.45) is 11.0 Å². The van der Waals surface area contributed by atoms with Gasteiger partial charge in [0.2, 0.25) is 0 Å². The molecule has 30 heavy (non-hydrogen) atoms. The molecule has 2 aromatic rings. The predicted molar refractivity (Wildman–Crippen MR) is 120 cm³/mol. The Morgan fingerprint density at radius 2 is 2.03 bits per heavy atom. The number of benzene rings is 2. The van der Waals surface area contributed by atoms with Gasteiger partial charge in [-0.3, -0.25) is 9.59 Å². The number of ether oxygens (including phenoxy) is 1. The molecule has 0 aliphatic rings. The van der Waals surface area contributed by atoms with Crippen molar-refractivity contribution in [3.8, 4) is 11.5 Å². The number of hydrazone groups is 1. The number of phenols is 1. The van der Waals surface area contributed by atoms with Gasteiger partial charge in [-0.2, -0.15) is 5.10 Å². The van der Waals surface area contributed by atoms with Crippen LogP contribution >= 0.6 is 27.5 Å². The molecule has 1 atom stereocenters. The Bertz CT molecular complexity index is 950. The van der Waals surface area contributed by atoms with Crippen LogP contribution in [0.5, 0.6) is 11.5 Å². The quantitative estimate of drug-likeness (QED) is 0.378. The summed E-state index contributed by atoms with van der Waals surface area (Å²) in [6.45, 7) is 5.83. The SMILES string of the molecule is CCOc1cc(/C=N/NC(=O)C(NC(=O)c2cccc(Cl)c2)C(C)C)cc(Br)c1O. The van der Waals surface area contributed by atoms with Crippen LogP contribution in [0.4, 0.5) is 0 Å². The number of halogens is 2. The van der Waals surface area contributed by atoms with Crippen molar-refractivity contribution in [3.05, 3.63) is 57.0 Å². The summed E-state index contributed by atoms with van der Waals surface area (Å²) >= 11 is 9.17. The summed E-state index contributed by atoms with van der Waals surface area (Å²) in [6.07, 6.45) is 1.42. The molecule has 1 unspecified atom stereocenters. The number of hydrogen-bond donors (Lipinski definition) is 3. The fourth-order valence-electron chi connectivity index (χ4n) is 2.56. The van der Waals surface area contributed by atoms with Crippen molar-refractivity contribution >= 4 is 45.6 Å². The number of carbonyl (C=O) groups excluding carboxylic acids is 2. The molecule has 2 amide bonds. The van der Waals surface area contributed by atoms with E-state index in [1.807, 2.05) is 13.8 Å². The predicted octanol–water partition coefficient (Wildman–Crippen LogP) is 4.11. The van der Waals surface area contributed by atoms with Gasteiger partial charge in [-0.25, -0.2) is 5.43 Å². The average Bonchev–Trinajstić information content (AvgIpc) is 2.69. The van der Waals surface area contributed by atoms with Crippen LogP contribution in [0.3, 0.4) is 0 Å². The molecular formula is C21H23BrClN3O4. The lowest BCUT2D eigenvalue weighted by Gasteiger charge is -2.20. The van der Waals surface area contributed by atoms with Crippen molar-refractivity contribution in [2.75, 3.05) is 6.61 Å². The first-order chi connectivity index (χ1) is 14.2. The smallest absolute Gasteiger partial charge is 0.262 e. The van der Waals surface area contributed by atoms with Gasteiger partial charge >= 0.3 is 0 Å². The molecule has 2 rings (SSSR count). The zero-order valence-electron chi connectivity index (χ0n) is 16.8. The minimum atomic E-state index is -0.792. The first kappa shape index (κ1) is 23.7. The van der Waals surface area contributed by atoms with Gasteiger partial charge in [-0.05, 0) is 64.7 Å².